The van der Waals surface area contributed by atoms with Gasteiger partial charge in [-0.2, -0.15) is 0 Å². The molecule has 2 rings (SSSR count). The fourth-order valence-electron chi connectivity index (χ4n) is 1.95. The van der Waals surface area contributed by atoms with Crippen molar-refractivity contribution in [3.05, 3.63) is 29.8 Å². The molecule has 2 N–H and O–H groups in total. The lowest BCUT2D eigenvalue weighted by Crippen LogP contribution is -2.40. The van der Waals surface area contributed by atoms with Gasteiger partial charge in [-0.3, -0.25) is 0 Å². The summed E-state index contributed by atoms with van der Waals surface area (Å²) in [5, 5.41) is 0. The number of rotatable bonds is 2. The lowest BCUT2D eigenvalue weighted by atomic mass is 10.1. The van der Waals surface area contributed by atoms with Gasteiger partial charge < -0.3 is 10.6 Å². The molecule has 88 valence electrons. The number of nitrogens with two attached hydrogens (primary N) is 1. The van der Waals surface area contributed by atoms with Crippen molar-refractivity contribution in [1.82, 2.24) is 0 Å². The van der Waals surface area contributed by atoms with Crippen LogP contribution in [0.5, 0.6) is 0 Å². The molecule has 0 atom stereocenters. The SMILES string of the molecule is NCc1ccccc1N1CCS(=O)(=O)CC1. The van der Waals surface area contributed by atoms with Crippen LogP contribution in [0.3, 0.4) is 0 Å². The van der Waals surface area contributed by atoms with Crippen molar-refractivity contribution in [3.8, 4) is 0 Å². The van der Waals surface area contributed by atoms with Crippen molar-refractivity contribution in [3.63, 3.8) is 0 Å². The second-order valence-corrected chi connectivity index (χ2v) is 6.28. The Hall–Kier alpha value is -1.07. The standard InChI is InChI=1S/C11H16N2O2S/c12-9-10-3-1-2-4-11(10)13-5-7-16(14,15)8-6-13/h1-4H,5-9,12H2. The molecule has 0 bridgehead atoms. The number of benzene rings is 1. The van der Waals surface area contributed by atoms with Gasteiger partial charge in [-0.25, -0.2) is 8.42 Å². The fraction of sp³-hybridized carbons (Fsp3) is 0.455. The minimum atomic E-state index is -2.82. The summed E-state index contributed by atoms with van der Waals surface area (Å²) in [5.74, 6) is 0.484. The largest absolute Gasteiger partial charge is 0.369 e. The van der Waals surface area contributed by atoms with Gasteiger partial charge in [0.2, 0.25) is 0 Å². The van der Waals surface area contributed by atoms with Gasteiger partial charge in [0.1, 0.15) is 0 Å². The number of anilines is 1. The zero-order valence-corrected chi connectivity index (χ0v) is 9.91. The number of nitrogens with zero attached hydrogens (tertiary/aromatic N) is 1. The Morgan fingerprint density at radius 3 is 2.44 bits per heavy atom. The molecule has 4 nitrogen and oxygen atoms in total. The van der Waals surface area contributed by atoms with Crippen LogP contribution in [0.1, 0.15) is 5.56 Å². The number of hydrogen-bond donors (Lipinski definition) is 1. The Kier molecular flexibility index (Phi) is 3.16. The van der Waals surface area contributed by atoms with E-state index in [9.17, 15) is 8.42 Å². The second-order valence-electron chi connectivity index (χ2n) is 3.97. The molecule has 0 radical (unpaired) electrons. The zero-order chi connectivity index (χ0) is 11.6. The smallest absolute Gasteiger partial charge is 0.153 e. The lowest BCUT2D eigenvalue weighted by molar-refractivity contribution is 0.586. The summed E-state index contributed by atoms with van der Waals surface area (Å²) < 4.78 is 22.7. The number of hydrogen-bond acceptors (Lipinski definition) is 4. The van der Waals surface area contributed by atoms with E-state index in [2.05, 4.69) is 4.90 Å². The quantitative estimate of drug-likeness (QED) is 0.811. The molecule has 16 heavy (non-hydrogen) atoms. The van der Waals surface area contributed by atoms with Crippen LogP contribution in [-0.2, 0) is 16.4 Å². The second kappa shape index (κ2) is 4.43. The predicted octanol–water partition coefficient (Wildman–Crippen LogP) is 0.380. The third-order valence-electron chi connectivity index (χ3n) is 2.90. The molecule has 0 aliphatic carbocycles. The molecule has 5 heteroatoms. The normalized spacial score (nSPS) is 19.7. The van der Waals surface area contributed by atoms with Gasteiger partial charge in [0.05, 0.1) is 11.5 Å². The maximum atomic E-state index is 11.3. The molecular weight excluding hydrogens is 224 g/mol. The van der Waals surface area contributed by atoms with Gasteiger partial charge >= 0.3 is 0 Å². The summed E-state index contributed by atoms with van der Waals surface area (Å²) in [6.07, 6.45) is 0. The molecular formula is C11H16N2O2S. The zero-order valence-electron chi connectivity index (χ0n) is 9.09. The Bertz CT molecular complexity index is 457. The van der Waals surface area contributed by atoms with Gasteiger partial charge in [-0.1, -0.05) is 18.2 Å². The molecule has 0 unspecified atom stereocenters. The van der Waals surface area contributed by atoms with E-state index in [4.69, 9.17) is 5.73 Å². The minimum absolute atomic E-state index is 0.242. The summed E-state index contributed by atoms with van der Waals surface area (Å²) >= 11 is 0. The van der Waals surface area contributed by atoms with Gasteiger partial charge in [-0.05, 0) is 11.6 Å². The molecule has 1 aromatic rings. The maximum Gasteiger partial charge on any atom is 0.153 e. The highest BCUT2D eigenvalue weighted by Gasteiger charge is 2.22. The molecule has 0 aromatic heterocycles. The van der Waals surface area contributed by atoms with E-state index in [1.807, 2.05) is 24.3 Å². The molecule has 1 aliphatic heterocycles. The van der Waals surface area contributed by atoms with Gasteiger partial charge in [-0.15, -0.1) is 0 Å². The lowest BCUT2D eigenvalue weighted by Gasteiger charge is -2.30. The molecule has 0 saturated carbocycles. The van der Waals surface area contributed by atoms with Crippen LogP contribution in [-0.4, -0.2) is 33.0 Å². The van der Waals surface area contributed by atoms with Crippen molar-refractivity contribution in [2.75, 3.05) is 29.5 Å². The first kappa shape index (κ1) is 11.4. The maximum absolute atomic E-state index is 11.3. The van der Waals surface area contributed by atoms with Crippen LogP contribution in [0.25, 0.3) is 0 Å². The minimum Gasteiger partial charge on any atom is -0.369 e. The topological polar surface area (TPSA) is 63.4 Å². The first-order chi connectivity index (χ1) is 7.62. The van der Waals surface area contributed by atoms with Gasteiger partial charge in [0.15, 0.2) is 9.84 Å². The van der Waals surface area contributed by atoms with E-state index < -0.39 is 9.84 Å². The molecule has 0 amide bonds. The molecule has 1 aliphatic rings. The van der Waals surface area contributed by atoms with Crippen molar-refractivity contribution < 1.29 is 8.42 Å². The van der Waals surface area contributed by atoms with E-state index in [0.717, 1.165) is 11.3 Å². The highest BCUT2D eigenvalue weighted by molar-refractivity contribution is 7.91. The van der Waals surface area contributed by atoms with E-state index in [-0.39, 0.29) is 11.5 Å². The summed E-state index contributed by atoms with van der Waals surface area (Å²) in [6, 6.07) is 7.89. The highest BCUT2D eigenvalue weighted by Crippen LogP contribution is 2.21. The first-order valence-corrected chi connectivity index (χ1v) is 7.18. The van der Waals surface area contributed by atoms with Crippen LogP contribution in [0, 0.1) is 0 Å². The Balaban J connectivity index is 2.20. The van der Waals surface area contributed by atoms with Crippen LogP contribution in [0.4, 0.5) is 5.69 Å². The molecule has 1 aromatic carbocycles. The van der Waals surface area contributed by atoms with E-state index in [1.54, 1.807) is 0 Å². The third kappa shape index (κ3) is 2.36. The average molecular weight is 240 g/mol. The molecule has 1 fully saturated rings. The van der Waals surface area contributed by atoms with Crippen molar-refractivity contribution >= 4 is 15.5 Å². The Morgan fingerprint density at radius 2 is 1.81 bits per heavy atom. The predicted molar refractivity (Wildman–Crippen MR) is 65.2 cm³/mol. The van der Waals surface area contributed by atoms with Crippen molar-refractivity contribution in [2.45, 2.75) is 6.54 Å². The van der Waals surface area contributed by atoms with E-state index in [0.29, 0.717) is 19.6 Å². The summed E-state index contributed by atoms with van der Waals surface area (Å²) in [6.45, 7) is 1.62. The van der Waals surface area contributed by atoms with Gasteiger partial charge in [0.25, 0.3) is 0 Å². The van der Waals surface area contributed by atoms with Gasteiger partial charge in [0, 0.05) is 25.3 Å². The van der Waals surface area contributed by atoms with E-state index >= 15 is 0 Å². The number of sulfone groups is 1. The average Bonchev–Trinajstić information content (AvgIpc) is 2.29. The Labute approximate surface area is 96.0 Å². The summed E-state index contributed by atoms with van der Waals surface area (Å²) in [7, 11) is -2.82. The van der Waals surface area contributed by atoms with Crippen LogP contribution in [0.15, 0.2) is 24.3 Å². The summed E-state index contributed by atoms with van der Waals surface area (Å²) in [5.41, 5.74) is 7.81. The highest BCUT2D eigenvalue weighted by atomic mass is 32.2. The fourth-order valence-corrected chi connectivity index (χ4v) is 3.15. The summed E-state index contributed by atoms with van der Waals surface area (Å²) in [4.78, 5) is 2.10. The molecule has 1 saturated heterocycles. The van der Waals surface area contributed by atoms with Crippen LogP contribution in [0.2, 0.25) is 0 Å². The van der Waals surface area contributed by atoms with Crippen LogP contribution >= 0.6 is 0 Å². The van der Waals surface area contributed by atoms with E-state index in [1.165, 1.54) is 0 Å². The molecule has 0 spiro atoms. The monoisotopic (exact) mass is 240 g/mol. The van der Waals surface area contributed by atoms with Crippen molar-refractivity contribution in [1.29, 1.82) is 0 Å². The number of para-hydroxylation sites is 1. The van der Waals surface area contributed by atoms with Crippen LogP contribution < -0.4 is 10.6 Å². The first-order valence-electron chi connectivity index (χ1n) is 5.36. The third-order valence-corrected chi connectivity index (χ3v) is 4.51. The van der Waals surface area contributed by atoms with Crippen molar-refractivity contribution in [2.24, 2.45) is 5.73 Å². The molecule has 1 heterocycles. The Morgan fingerprint density at radius 1 is 1.19 bits per heavy atom.